The van der Waals surface area contributed by atoms with Crippen LogP contribution in [0.3, 0.4) is 0 Å². The smallest absolute Gasteiger partial charge is 0.175 e. The highest BCUT2D eigenvalue weighted by Crippen LogP contribution is 2.29. The zero-order valence-electron chi connectivity index (χ0n) is 9.96. The molecule has 3 nitrogen and oxygen atoms in total. The minimum absolute atomic E-state index is 0.0592. The van der Waals surface area contributed by atoms with Crippen molar-refractivity contribution >= 4 is 9.84 Å². The molecule has 1 saturated heterocycles. The lowest BCUT2D eigenvalue weighted by molar-refractivity contribution is 0.554. The van der Waals surface area contributed by atoms with Gasteiger partial charge >= 0.3 is 0 Å². The molecule has 0 saturated carbocycles. The van der Waals surface area contributed by atoms with Crippen molar-refractivity contribution in [1.29, 1.82) is 0 Å². The van der Waals surface area contributed by atoms with E-state index in [9.17, 15) is 12.8 Å². The Bertz CT molecular complexity index is 534. The Balaban J connectivity index is 2.53. The molecule has 0 radical (unpaired) electrons. The van der Waals surface area contributed by atoms with Crippen LogP contribution in [0.25, 0.3) is 0 Å². The van der Waals surface area contributed by atoms with Gasteiger partial charge in [-0.15, -0.1) is 0 Å². The molecule has 17 heavy (non-hydrogen) atoms. The lowest BCUT2D eigenvalue weighted by atomic mass is 10.0. The van der Waals surface area contributed by atoms with Crippen molar-refractivity contribution in [2.75, 3.05) is 12.8 Å². The number of sulfone groups is 1. The molecular formula is C12H16FNO2S. The molecule has 1 fully saturated rings. The molecular weight excluding hydrogens is 241 g/mol. The van der Waals surface area contributed by atoms with Gasteiger partial charge < -0.3 is 5.32 Å². The van der Waals surface area contributed by atoms with Gasteiger partial charge in [0.05, 0.1) is 4.90 Å². The molecule has 1 atom stereocenters. The third-order valence-electron chi connectivity index (χ3n) is 3.13. The fraction of sp³-hybridized carbons (Fsp3) is 0.500. The average molecular weight is 257 g/mol. The van der Waals surface area contributed by atoms with E-state index in [1.54, 1.807) is 6.92 Å². The number of aryl methyl sites for hydroxylation is 1. The van der Waals surface area contributed by atoms with Gasteiger partial charge in [-0.05, 0) is 44.0 Å². The summed E-state index contributed by atoms with van der Waals surface area (Å²) in [7, 11) is -3.30. The molecule has 1 aromatic rings. The van der Waals surface area contributed by atoms with Crippen molar-refractivity contribution in [2.45, 2.75) is 30.7 Å². The molecule has 0 aliphatic carbocycles. The number of halogens is 1. The van der Waals surface area contributed by atoms with Crippen LogP contribution in [0.15, 0.2) is 17.0 Å². The molecule has 5 heteroatoms. The predicted octanol–water partition coefficient (Wildman–Crippen LogP) is 1.96. The maximum absolute atomic E-state index is 13.8. The molecule has 0 amide bonds. The minimum Gasteiger partial charge on any atom is -0.310 e. The fourth-order valence-electron chi connectivity index (χ4n) is 2.29. The van der Waals surface area contributed by atoms with Crippen molar-refractivity contribution in [3.05, 3.63) is 29.1 Å². The molecule has 0 bridgehead atoms. The lowest BCUT2D eigenvalue weighted by Crippen LogP contribution is -2.15. The maximum atomic E-state index is 13.8. The van der Waals surface area contributed by atoms with E-state index in [4.69, 9.17) is 0 Å². The van der Waals surface area contributed by atoms with Gasteiger partial charge in [-0.25, -0.2) is 12.8 Å². The molecule has 1 N–H and O–H groups in total. The second-order valence-electron chi connectivity index (χ2n) is 4.56. The van der Waals surface area contributed by atoms with Crippen LogP contribution in [0.2, 0.25) is 0 Å². The number of rotatable bonds is 2. The SMILES string of the molecule is Cc1cc(F)c(C2CCCN2)cc1S(C)(=O)=O. The average Bonchev–Trinajstić information content (AvgIpc) is 2.68. The monoisotopic (exact) mass is 257 g/mol. The molecule has 1 aliphatic rings. The molecule has 1 heterocycles. The third-order valence-corrected chi connectivity index (χ3v) is 4.37. The predicted molar refractivity (Wildman–Crippen MR) is 64.2 cm³/mol. The van der Waals surface area contributed by atoms with Crippen LogP contribution in [0.4, 0.5) is 4.39 Å². The van der Waals surface area contributed by atoms with E-state index in [1.165, 1.54) is 12.1 Å². The topological polar surface area (TPSA) is 46.2 Å². The number of nitrogens with one attached hydrogen (secondary N) is 1. The van der Waals surface area contributed by atoms with Crippen molar-refractivity contribution < 1.29 is 12.8 Å². The van der Waals surface area contributed by atoms with Crippen LogP contribution < -0.4 is 5.32 Å². The van der Waals surface area contributed by atoms with E-state index in [-0.39, 0.29) is 16.8 Å². The molecule has 1 aromatic carbocycles. The Morgan fingerprint density at radius 2 is 2.12 bits per heavy atom. The molecule has 0 spiro atoms. The van der Waals surface area contributed by atoms with Crippen LogP contribution in [-0.2, 0) is 9.84 Å². The summed E-state index contributed by atoms with van der Waals surface area (Å²) in [6.45, 7) is 2.47. The van der Waals surface area contributed by atoms with Crippen molar-refractivity contribution in [3.8, 4) is 0 Å². The van der Waals surface area contributed by atoms with Crippen LogP contribution in [0.5, 0.6) is 0 Å². The van der Waals surface area contributed by atoms with Crippen LogP contribution in [0.1, 0.15) is 30.0 Å². The minimum atomic E-state index is -3.30. The zero-order valence-corrected chi connectivity index (χ0v) is 10.8. The van der Waals surface area contributed by atoms with E-state index < -0.39 is 9.84 Å². The van der Waals surface area contributed by atoms with Crippen molar-refractivity contribution in [1.82, 2.24) is 5.32 Å². The van der Waals surface area contributed by atoms with Crippen LogP contribution in [-0.4, -0.2) is 21.2 Å². The van der Waals surface area contributed by atoms with Crippen LogP contribution in [0, 0.1) is 12.7 Å². The van der Waals surface area contributed by atoms with E-state index >= 15 is 0 Å². The quantitative estimate of drug-likeness (QED) is 0.824. The standard InChI is InChI=1S/C12H16FNO2S/c1-8-6-10(13)9(11-4-3-5-14-11)7-12(8)17(2,15)16/h6-7,11,14H,3-5H2,1-2H3. The summed E-state index contributed by atoms with van der Waals surface area (Å²) in [4.78, 5) is 0.225. The van der Waals surface area contributed by atoms with Gasteiger partial charge in [0.2, 0.25) is 0 Å². The first-order chi connectivity index (χ1) is 7.89. The largest absolute Gasteiger partial charge is 0.310 e. The number of benzene rings is 1. The van der Waals surface area contributed by atoms with Gasteiger partial charge in [0, 0.05) is 17.9 Å². The molecule has 1 aliphatic heterocycles. The molecule has 2 rings (SSSR count). The van der Waals surface area contributed by atoms with Gasteiger partial charge in [-0.3, -0.25) is 0 Å². The number of hydrogen-bond acceptors (Lipinski definition) is 3. The van der Waals surface area contributed by atoms with Crippen molar-refractivity contribution in [3.63, 3.8) is 0 Å². The maximum Gasteiger partial charge on any atom is 0.175 e. The van der Waals surface area contributed by atoms with Gasteiger partial charge in [-0.1, -0.05) is 0 Å². The van der Waals surface area contributed by atoms with Gasteiger partial charge in [0.1, 0.15) is 5.82 Å². The van der Waals surface area contributed by atoms with Crippen LogP contribution >= 0.6 is 0 Å². The second-order valence-corrected chi connectivity index (χ2v) is 6.54. The Hall–Kier alpha value is -0.940. The summed E-state index contributed by atoms with van der Waals surface area (Å²) in [5.74, 6) is -0.325. The first kappa shape index (κ1) is 12.5. The Morgan fingerprint density at radius 3 is 2.65 bits per heavy atom. The lowest BCUT2D eigenvalue weighted by Gasteiger charge is -2.14. The first-order valence-corrected chi connectivity index (χ1v) is 7.52. The first-order valence-electron chi connectivity index (χ1n) is 5.63. The Kier molecular flexibility index (Phi) is 3.23. The Morgan fingerprint density at radius 1 is 1.41 bits per heavy atom. The Labute approximate surface area is 101 Å². The van der Waals surface area contributed by atoms with E-state index in [2.05, 4.69) is 5.32 Å². The second kappa shape index (κ2) is 4.38. The molecule has 1 unspecified atom stereocenters. The summed E-state index contributed by atoms with van der Waals surface area (Å²) in [6.07, 6.45) is 2.99. The van der Waals surface area contributed by atoms with E-state index in [0.717, 1.165) is 25.6 Å². The highest BCUT2D eigenvalue weighted by molar-refractivity contribution is 7.90. The normalized spacial score (nSPS) is 20.8. The summed E-state index contributed by atoms with van der Waals surface area (Å²) < 4.78 is 37.0. The third kappa shape index (κ3) is 2.50. The van der Waals surface area contributed by atoms with Gasteiger partial charge in [0.25, 0.3) is 0 Å². The number of hydrogen-bond donors (Lipinski definition) is 1. The summed E-state index contributed by atoms with van der Waals surface area (Å²) >= 11 is 0. The van der Waals surface area contributed by atoms with E-state index in [0.29, 0.717) is 11.1 Å². The highest BCUT2D eigenvalue weighted by atomic mass is 32.2. The van der Waals surface area contributed by atoms with Gasteiger partial charge in [0.15, 0.2) is 9.84 Å². The van der Waals surface area contributed by atoms with E-state index in [1.807, 2.05) is 0 Å². The highest BCUT2D eigenvalue weighted by Gasteiger charge is 2.22. The summed E-state index contributed by atoms with van der Waals surface area (Å²) in [5, 5.41) is 3.18. The fourth-order valence-corrected chi connectivity index (χ4v) is 3.27. The van der Waals surface area contributed by atoms with Crippen molar-refractivity contribution in [2.24, 2.45) is 0 Å². The summed E-state index contributed by atoms with van der Waals surface area (Å²) in [5.41, 5.74) is 0.931. The zero-order chi connectivity index (χ0) is 12.6. The summed E-state index contributed by atoms with van der Waals surface area (Å²) in [6, 6.07) is 2.73. The molecule has 94 valence electrons. The molecule has 0 aromatic heterocycles. The van der Waals surface area contributed by atoms with Gasteiger partial charge in [-0.2, -0.15) is 0 Å².